The van der Waals surface area contributed by atoms with Crippen LogP contribution in [0.5, 0.6) is 0 Å². The van der Waals surface area contributed by atoms with E-state index in [9.17, 15) is 9.59 Å². The first-order valence-corrected chi connectivity index (χ1v) is 6.84. The number of carbonyl (C=O) groups is 2. The van der Waals surface area contributed by atoms with E-state index in [0.717, 1.165) is 13.1 Å². The molecule has 0 unspecified atom stereocenters. The van der Waals surface area contributed by atoms with Gasteiger partial charge in [0.1, 0.15) is 5.60 Å². The van der Waals surface area contributed by atoms with Gasteiger partial charge in [0, 0.05) is 26.1 Å². The van der Waals surface area contributed by atoms with Crippen molar-refractivity contribution in [3.8, 4) is 0 Å². The summed E-state index contributed by atoms with van der Waals surface area (Å²) in [5.41, 5.74) is -0.715. The van der Waals surface area contributed by atoms with E-state index in [1.54, 1.807) is 7.11 Å². The average molecular weight is 271 g/mol. The second kappa shape index (κ2) is 7.45. The Morgan fingerprint density at radius 2 is 1.79 bits per heavy atom. The van der Waals surface area contributed by atoms with Crippen LogP contribution in [0.4, 0.5) is 0 Å². The van der Waals surface area contributed by atoms with E-state index in [1.807, 2.05) is 13.8 Å². The maximum absolute atomic E-state index is 12.2. The molecule has 0 aliphatic carbocycles. The van der Waals surface area contributed by atoms with Crippen LogP contribution in [0.3, 0.4) is 0 Å². The van der Waals surface area contributed by atoms with E-state index in [1.165, 1.54) is 0 Å². The van der Waals surface area contributed by atoms with Crippen LogP contribution in [0.1, 0.15) is 26.7 Å². The minimum absolute atomic E-state index is 0.00225. The second-order valence-electron chi connectivity index (χ2n) is 5.15. The van der Waals surface area contributed by atoms with Crippen molar-refractivity contribution in [2.24, 2.45) is 5.92 Å². The summed E-state index contributed by atoms with van der Waals surface area (Å²) in [6.07, 6.45) is 1.35. The van der Waals surface area contributed by atoms with Crippen molar-refractivity contribution in [3.05, 3.63) is 0 Å². The summed E-state index contributed by atoms with van der Waals surface area (Å²) < 4.78 is 5.42. The van der Waals surface area contributed by atoms with E-state index in [4.69, 9.17) is 4.74 Å². The van der Waals surface area contributed by atoms with Gasteiger partial charge in [-0.3, -0.25) is 9.59 Å². The highest BCUT2D eigenvalue weighted by Crippen LogP contribution is 2.22. The number of hydrogen-bond donors (Lipinski definition) is 3. The molecule has 1 heterocycles. The highest BCUT2D eigenvalue weighted by atomic mass is 16.5. The molecule has 6 heteroatoms. The number of nitrogens with one attached hydrogen (secondary N) is 3. The number of ether oxygens (including phenoxy) is 1. The molecule has 1 aliphatic heterocycles. The molecule has 0 spiro atoms. The van der Waals surface area contributed by atoms with Crippen LogP contribution in [0.2, 0.25) is 0 Å². The van der Waals surface area contributed by atoms with Gasteiger partial charge in [-0.05, 0) is 25.9 Å². The Hall–Kier alpha value is -1.14. The summed E-state index contributed by atoms with van der Waals surface area (Å²) in [4.78, 5) is 23.5. The lowest BCUT2D eigenvalue weighted by atomic mass is 9.91. The summed E-state index contributed by atoms with van der Waals surface area (Å²) in [5.74, 6) is -0.127. The number of methoxy groups -OCH3 is 1. The van der Waals surface area contributed by atoms with Crippen molar-refractivity contribution in [1.29, 1.82) is 0 Å². The van der Waals surface area contributed by atoms with Crippen LogP contribution in [-0.2, 0) is 14.3 Å². The van der Waals surface area contributed by atoms with Gasteiger partial charge in [0.05, 0.1) is 0 Å². The van der Waals surface area contributed by atoms with Crippen molar-refractivity contribution in [1.82, 2.24) is 16.0 Å². The van der Waals surface area contributed by atoms with Gasteiger partial charge in [0.15, 0.2) is 0 Å². The van der Waals surface area contributed by atoms with E-state index >= 15 is 0 Å². The number of carbonyl (C=O) groups excluding carboxylic acids is 2. The van der Waals surface area contributed by atoms with E-state index < -0.39 is 5.60 Å². The quantitative estimate of drug-likeness (QED) is 0.577. The van der Waals surface area contributed by atoms with Gasteiger partial charge >= 0.3 is 0 Å². The fourth-order valence-corrected chi connectivity index (χ4v) is 2.08. The lowest BCUT2D eigenvalue weighted by Gasteiger charge is -2.34. The van der Waals surface area contributed by atoms with Crippen LogP contribution in [0, 0.1) is 5.92 Å². The maximum Gasteiger partial charge on any atom is 0.252 e. The predicted molar refractivity (Wildman–Crippen MR) is 72.7 cm³/mol. The summed E-state index contributed by atoms with van der Waals surface area (Å²) in [5, 5.41) is 8.80. The van der Waals surface area contributed by atoms with Crippen molar-refractivity contribution < 1.29 is 14.3 Å². The summed E-state index contributed by atoms with van der Waals surface area (Å²) >= 11 is 0. The van der Waals surface area contributed by atoms with Gasteiger partial charge in [0.25, 0.3) is 5.91 Å². The van der Waals surface area contributed by atoms with Gasteiger partial charge in [0.2, 0.25) is 5.91 Å². The van der Waals surface area contributed by atoms with E-state index in [2.05, 4.69) is 16.0 Å². The first-order chi connectivity index (χ1) is 9.02. The Kier molecular flexibility index (Phi) is 6.24. The highest BCUT2D eigenvalue weighted by molar-refractivity contribution is 5.85. The average Bonchev–Trinajstić information content (AvgIpc) is 2.43. The molecule has 0 aromatic carbocycles. The standard InChI is InChI=1S/C13H25N3O3/c1-10(2)11(17)15-8-9-16-12(18)13(19-3)4-6-14-7-5-13/h10,14H,4-9H2,1-3H3,(H,15,17)(H,16,18). The van der Waals surface area contributed by atoms with Crippen LogP contribution in [0.15, 0.2) is 0 Å². The molecule has 0 bridgehead atoms. The molecule has 3 N–H and O–H groups in total. The smallest absolute Gasteiger partial charge is 0.252 e. The molecule has 1 saturated heterocycles. The topological polar surface area (TPSA) is 79.5 Å². The summed E-state index contributed by atoms with van der Waals surface area (Å²) in [6, 6.07) is 0. The third-order valence-electron chi connectivity index (χ3n) is 3.45. The largest absolute Gasteiger partial charge is 0.368 e. The normalized spacial score (nSPS) is 18.1. The number of amides is 2. The molecule has 0 aromatic rings. The zero-order chi connectivity index (χ0) is 14.3. The molecule has 1 rings (SSSR count). The van der Waals surface area contributed by atoms with Crippen molar-refractivity contribution in [2.45, 2.75) is 32.3 Å². The molecule has 0 atom stereocenters. The van der Waals surface area contributed by atoms with Gasteiger partial charge in [-0.15, -0.1) is 0 Å². The van der Waals surface area contributed by atoms with E-state index in [0.29, 0.717) is 25.9 Å². The third-order valence-corrected chi connectivity index (χ3v) is 3.45. The van der Waals surface area contributed by atoms with Gasteiger partial charge < -0.3 is 20.7 Å². The lowest BCUT2D eigenvalue weighted by Crippen LogP contribution is -2.55. The van der Waals surface area contributed by atoms with Crippen LogP contribution < -0.4 is 16.0 Å². The van der Waals surface area contributed by atoms with Crippen LogP contribution in [-0.4, -0.2) is 50.7 Å². The minimum atomic E-state index is -0.715. The number of rotatable bonds is 6. The van der Waals surface area contributed by atoms with Crippen molar-refractivity contribution >= 4 is 11.8 Å². The molecular formula is C13H25N3O3. The monoisotopic (exact) mass is 271 g/mol. The van der Waals surface area contributed by atoms with Crippen molar-refractivity contribution in [2.75, 3.05) is 33.3 Å². The fraction of sp³-hybridized carbons (Fsp3) is 0.846. The third kappa shape index (κ3) is 4.47. The number of hydrogen-bond acceptors (Lipinski definition) is 4. The van der Waals surface area contributed by atoms with Crippen molar-refractivity contribution in [3.63, 3.8) is 0 Å². The first kappa shape index (κ1) is 15.9. The molecule has 6 nitrogen and oxygen atoms in total. The fourth-order valence-electron chi connectivity index (χ4n) is 2.08. The zero-order valence-electron chi connectivity index (χ0n) is 12.0. The Balaban J connectivity index is 2.31. The second-order valence-corrected chi connectivity index (χ2v) is 5.15. The predicted octanol–water partition coefficient (Wildman–Crippen LogP) is -0.357. The molecule has 110 valence electrons. The molecule has 19 heavy (non-hydrogen) atoms. The number of piperidine rings is 1. The molecule has 2 amide bonds. The molecule has 0 radical (unpaired) electrons. The Labute approximate surface area is 114 Å². The SMILES string of the molecule is COC1(C(=O)NCCNC(=O)C(C)C)CCNCC1. The zero-order valence-corrected chi connectivity index (χ0v) is 12.0. The molecule has 1 aliphatic rings. The first-order valence-electron chi connectivity index (χ1n) is 6.84. The Morgan fingerprint density at radius 3 is 2.32 bits per heavy atom. The molecule has 1 fully saturated rings. The summed E-state index contributed by atoms with van der Waals surface area (Å²) in [6.45, 7) is 6.11. The van der Waals surface area contributed by atoms with Crippen LogP contribution >= 0.6 is 0 Å². The molecule has 0 saturated carbocycles. The highest BCUT2D eigenvalue weighted by Gasteiger charge is 2.39. The maximum atomic E-state index is 12.2. The Morgan fingerprint density at radius 1 is 1.21 bits per heavy atom. The minimum Gasteiger partial charge on any atom is -0.368 e. The lowest BCUT2D eigenvalue weighted by molar-refractivity contribution is -0.146. The summed E-state index contributed by atoms with van der Waals surface area (Å²) in [7, 11) is 1.57. The van der Waals surface area contributed by atoms with E-state index in [-0.39, 0.29) is 17.7 Å². The molecular weight excluding hydrogens is 246 g/mol. The van der Waals surface area contributed by atoms with Gasteiger partial charge in [-0.2, -0.15) is 0 Å². The molecule has 0 aromatic heterocycles. The van der Waals surface area contributed by atoms with Crippen LogP contribution in [0.25, 0.3) is 0 Å². The van der Waals surface area contributed by atoms with Gasteiger partial charge in [-0.1, -0.05) is 13.8 Å². The Bertz CT molecular complexity index is 312. The van der Waals surface area contributed by atoms with Gasteiger partial charge in [-0.25, -0.2) is 0 Å².